The highest BCUT2D eigenvalue weighted by atomic mass is 32.2. The lowest BCUT2D eigenvalue weighted by Crippen LogP contribution is -2.40. The van der Waals surface area contributed by atoms with Gasteiger partial charge in [-0.05, 0) is 12.5 Å². The van der Waals surface area contributed by atoms with Crippen LogP contribution < -0.4 is 4.72 Å². The maximum Gasteiger partial charge on any atom is 0.415 e. The summed E-state index contributed by atoms with van der Waals surface area (Å²) in [6.45, 7) is -0.0704. The smallest absolute Gasteiger partial charge is 0.382 e. The number of sulfonamides is 1. The molecule has 0 aromatic heterocycles. The van der Waals surface area contributed by atoms with Crippen molar-refractivity contribution in [2.75, 3.05) is 6.54 Å². The second kappa shape index (κ2) is 5.95. The molecule has 0 aliphatic rings. The molecule has 118 valence electrons. The summed E-state index contributed by atoms with van der Waals surface area (Å²) in [4.78, 5) is 9.11. The summed E-state index contributed by atoms with van der Waals surface area (Å²) in [6, 6.07) is 3.43. The van der Waals surface area contributed by atoms with Gasteiger partial charge in [-0.1, -0.05) is 12.1 Å². The van der Waals surface area contributed by atoms with E-state index in [9.17, 15) is 31.7 Å². The van der Waals surface area contributed by atoms with E-state index in [4.69, 9.17) is 5.11 Å². The molecule has 2 N–H and O–H groups in total. The van der Waals surface area contributed by atoms with Crippen molar-refractivity contribution in [3.8, 4) is 0 Å². The number of aliphatic hydroxyl groups excluding tert-OH is 1. The Hall–Kier alpha value is -1.72. The lowest BCUT2D eigenvalue weighted by atomic mass is 10.2. The number of hydrogen-bond acceptors (Lipinski definition) is 5. The fourth-order valence-electron chi connectivity index (χ4n) is 1.51. The molecule has 1 atom stereocenters. The zero-order chi connectivity index (χ0) is 16.4. The lowest BCUT2D eigenvalue weighted by molar-refractivity contribution is -0.387. The van der Waals surface area contributed by atoms with E-state index in [1.165, 1.54) is 23.8 Å². The molecule has 0 saturated carbocycles. The summed E-state index contributed by atoms with van der Waals surface area (Å²) in [5.74, 6) is 0. The SMILES string of the molecule is Cc1cccc([N+](=O)[O-])c1S(=O)(=O)NCC(O)C(F)(F)F. The number of nitro benzene ring substituents is 1. The second-order valence-corrected chi connectivity index (χ2v) is 5.79. The van der Waals surface area contributed by atoms with Crippen LogP contribution in [0, 0.1) is 17.0 Å². The molecule has 0 heterocycles. The molecule has 7 nitrogen and oxygen atoms in total. The number of nitro groups is 1. The number of hydrogen-bond donors (Lipinski definition) is 2. The fraction of sp³-hybridized carbons (Fsp3) is 0.400. The molecule has 11 heteroatoms. The van der Waals surface area contributed by atoms with Crippen molar-refractivity contribution >= 4 is 15.7 Å². The number of alkyl halides is 3. The van der Waals surface area contributed by atoms with Gasteiger partial charge in [0.2, 0.25) is 10.0 Å². The minimum atomic E-state index is -5.00. The van der Waals surface area contributed by atoms with E-state index in [0.717, 1.165) is 6.07 Å². The first kappa shape index (κ1) is 17.3. The summed E-state index contributed by atoms with van der Waals surface area (Å²) >= 11 is 0. The summed E-state index contributed by atoms with van der Waals surface area (Å²) in [6.07, 6.45) is -7.91. The molecule has 0 fully saturated rings. The number of benzene rings is 1. The lowest BCUT2D eigenvalue weighted by Gasteiger charge is -2.15. The van der Waals surface area contributed by atoms with Crippen LogP contribution in [0.2, 0.25) is 0 Å². The van der Waals surface area contributed by atoms with Crippen molar-refractivity contribution < 1.29 is 31.6 Å². The zero-order valence-electron chi connectivity index (χ0n) is 10.6. The van der Waals surface area contributed by atoms with E-state index in [0.29, 0.717) is 0 Å². The standard InChI is InChI=1S/C10H11F3N2O5S/c1-6-3-2-4-7(15(17)18)9(6)21(19,20)14-5-8(16)10(11,12)13/h2-4,8,14,16H,5H2,1H3. The number of nitrogens with zero attached hydrogens (tertiary/aromatic N) is 1. The first-order valence-corrected chi connectivity index (χ1v) is 6.93. The Morgan fingerprint density at radius 3 is 2.48 bits per heavy atom. The predicted octanol–water partition coefficient (Wildman–Crippen LogP) is 1.10. The maximum atomic E-state index is 12.1. The minimum absolute atomic E-state index is 0.00167. The van der Waals surface area contributed by atoms with Gasteiger partial charge >= 0.3 is 6.18 Å². The van der Waals surface area contributed by atoms with Crippen molar-refractivity contribution in [3.63, 3.8) is 0 Å². The van der Waals surface area contributed by atoms with Crippen LogP contribution >= 0.6 is 0 Å². The third-order valence-corrected chi connectivity index (χ3v) is 4.12. The van der Waals surface area contributed by atoms with Gasteiger partial charge in [-0.15, -0.1) is 0 Å². The molecule has 0 aliphatic heterocycles. The number of rotatable bonds is 5. The predicted molar refractivity (Wildman–Crippen MR) is 65.1 cm³/mol. The van der Waals surface area contributed by atoms with Gasteiger partial charge in [-0.25, -0.2) is 13.1 Å². The van der Waals surface area contributed by atoms with Crippen molar-refractivity contribution in [2.24, 2.45) is 0 Å². The molecule has 1 aromatic carbocycles. The van der Waals surface area contributed by atoms with Crippen LogP contribution in [0.3, 0.4) is 0 Å². The highest BCUT2D eigenvalue weighted by molar-refractivity contribution is 7.89. The number of aryl methyl sites for hydroxylation is 1. The maximum absolute atomic E-state index is 12.1. The minimum Gasteiger partial charge on any atom is -0.382 e. The van der Waals surface area contributed by atoms with E-state index in [1.54, 1.807) is 0 Å². The van der Waals surface area contributed by atoms with Crippen LogP contribution in [0.5, 0.6) is 0 Å². The average Bonchev–Trinajstić information content (AvgIpc) is 2.34. The van der Waals surface area contributed by atoms with Crippen molar-refractivity contribution in [1.82, 2.24) is 4.72 Å². The summed E-state index contributed by atoms with van der Waals surface area (Å²) in [7, 11) is -4.57. The summed E-state index contributed by atoms with van der Waals surface area (Å²) in [5.41, 5.74) is -0.762. The topological polar surface area (TPSA) is 110 Å². The van der Waals surface area contributed by atoms with Gasteiger partial charge in [0.25, 0.3) is 5.69 Å². The van der Waals surface area contributed by atoms with Crippen LogP contribution in [0.4, 0.5) is 18.9 Å². The molecule has 1 aromatic rings. The second-order valence-electron chi connectivity index (χ2n) is 4.09. The number of nitrogens with one attached hydrogen (secondary N) is 1. The van der Waals surface area contributed by atoms with E-state index in [1.807, 2.05) is 0 Å². The van der Waals surface area contributed by atoms with Gasteiger partial charge in [-0.3, -0.25) is 10.1 Å². The van der Waals surface area contributed by atoms with Gasteiger partial charge in [0, 0.05) is 12.6 Å². The van der Waals surface area contributed by atoms with Crippen molar-refractivity contribution in [2.45, 2.75) is 24.1 Å². The van der Waals surface area contributed by atoms with Gasteiger partial charge in [0.1, 0.15) is 0 Å². The van der Waals surface area contributed by atoms with E-state index in [2.05, 4.69) is 0 Å². The Balaban J connectivity index is 3.13. The molecule has 21 heavy (non-hydrogen) atoms. The highest BCUT2D eigenvalue weighted by Gasteiger charge is 2.39. The van der Waals surface area contributed by atoms with Gasteiger partial charge in [0.05, 0.1) is 4.92 Å². The monoisotopic (exact) mass is 328 g/mol. The van der Waals surface area contributed by atoms with Crippen LogP contribution in [-0.4, -0.2) is 37.3 Å². The molecule has 0 spiro atoms. The van der Waals surface area contributed by atoms with Gasteiger partial charge in [-0.2, -0.15) is 13.2 Å². The Labute approximate surface area is 117 Å². The molecule has 1 unspecified atom stereocenters. The quantitative estimate of drug-likeness (QED) is 0.621. The molecular weight excluding hydrogens is 317 g/mol. The highest BCUT2D eigenvalue weighted by Crippen LogP contribution is 2.27. The molecular formula is C10H11F3N2O5S. The third kappa shape index (κ3) is 4.12. The van der Waals surface area contributed by atoms with E-state index < -0.39 is 44.4 Å². The summed E-state index contributed by atoms with van der Waals surface area (Å²) in [5, 5.41) is 19.6. The average molecular weight is 328 g/mol. The van der Waals surface area contributed by atoms with Crippen LogP contribution in [0.25, 0.3) is 0 Å². The van der Waals surface area contributed by atoms with Crippen LogP contribution in [0.1, 0.15) is 5.56 Å². The number of aliphatic hydroxyl groups is 1. The molecule has 0 amide bonds. The Kier molecular flexibility index (Phi) is 4.91. The largest absolute Gasteiger partial charge is 0.415 e. The first-order valence-electron chi connectivity index (χ1n) is 5.45. The van der Waals surface area contributed by atoms with E-state index >= 15 is 0 Å². The fourth-order valence-corrected chi connectivity index (χ4v) is 2.94. The molecule has 0 bridgehead atoms. The molecule has 0 radical (unpaired) electrons. The van der Waals surface area contributed by atoms with Crippen molar-refractivity contribution in [1.29, 1.82) is 0 Å². The number of halogens is 3. The van der Waals surface area contributed by atoms with Crippen LogP contribution in [0.15, 0.2) is 23.1 Å². The molecule has 0 saturated heterocycles. The van der Waals surface area contributed by atoms with Gasteiger partial charge < -0.3 is 5.11 Å². The normalized spacial score (nSPS) is 14.0. The van der Waals surface area contributed by atoms with E-state index in [-0.39, 0.29) is 5.56 Å². The molecule has 1 rings (SSSR count). The van der Waals surface area contributed by atoms with Gasteiger partial charge in [0.15, 0.2) is 11.0 Å². The Morgan fingerprint density at radius 2 is 2.00 bits per heavy atom. The Bertz CT molecular complexity index is 645. The summed E-state index contributed by atoms with van der Waals surface area (Å²) < 4.78 is 61.7. The molecule has 0 aliphatic carbocycles. The zero-order valence-corrected chi connectivity index (χ0v) is 11.4. The Morgan fingerprint density at radius 1 is 1.43 bits per heavy atom. The third-order valence-electron chi connectivity index (χ3n) is 2.50. The van der Waals surface area contributed by atoms with Crippen molar-refractivity contribution in [3.05, 3.63) is 33.9 Å². The van der Waals surface area contributed by atoms with Crippen LogP contribution in [-0.2, 0) is 10.0 Å². The first-order chi connectivity index (χ1) is 9.47.